The maximum atomic E-state index is 14.2. The second-order valence-corrected chi connectivity index (χ2v) is 10.6. The maximum Gasteiger partial charge on any atom is 0.273 e. The molecule has 1 aromatic carbocycles. The van der Waals surface area contributed by atoms with Crippen LogP contribution in [-0.4, -0.2) is 52.0 Å². The van der Waals surface area contributed by atoms with E-state index in [1.807, 2.05) is 19.1 Å². The third-order valence-corrected chi connectivity index (χ3v) is 7.87. The van der Waals surface area contributed by atoms with Crippen molar-refractivity contribution in [3.63, 3.8) is 0 Å². The number of nitrogens with one attached hydrogen (secondary N) is 2. The number of amides is 2. The molecule has 0 spiro atoms. The number of hydrogen-bond acceptors (Lipinski definition) is 6. The normalized spacial score (nSPS) is 21.1. The second kappa shape index (κ2) is 12.2. The summed E-state index contributed by atoms with van der Waals surface area (Å²) in [5.74, 6) is -5.12. The summed E-state index contributed by atoms with van der Waals surface area (Å²) in [6, 6.07) is 7.24. The Kier molecular flexibility index (Phi) is 8.49. The number of rotatable bonds is 7. The molecule has 1 aliphatic heterocycles. The zero-order valence-electron chi connectivity index (χ0n) is 22.2. The number of aromatic nitrogens is 2. The van der Waals surface area contributed by atoms with Gasteiger partial charge in [-0.25, -0.2) is 13.2 Å². The first-order valence-corrected chi connectivity index (χ1v) is 13.7. The molecule has 5 rings (SSSR count). The van der Waals surface area contributed by atoms with Crippen molar-refractivity contribution in [2.45, 2.75) is 63.6 Å². The molecule has 2 aromatic heterocycles. The fourth-order valence-electron chi connectivity index (χ4n) is 5.74. The van der Waals surface area contributed by atoms with Crippen LogP contribution in [-0.2, 0) is 4.79 Å². The summed E-state index contributed by atoms with van der Waals surface area (Å²) in [7, 11) is 0. The van der Waals surface area contributed by atoms with E-state index in [9.17, 15) is 22.8 Å². The molecule has 0 unspecified atom stereocenters. The summed E-state index contributed by atoms with van der Waals surface area (Å²) in [4.78, 5) is 33.4. The molecule has 2 N–H and O–H groups in total. The molecular formula is C29H32F3N5O3. The van der Waals surface area contributed by atoms with Gasteiger partial charge in [0.25, 0.3) is 5.91 Å². The van der Waals surface area contributed by atoms with E-state index < -0.39 is 40.9 Å². The van der Waals surface area contributed by atoms with Gasteiger partial charge in [0.05, 0.1) is 23.2 Å². The van der Waals surface area contributed by atoms with E-state index in [0.717, 1.165) is 31.1 Å². The van der Waals surface area contributed by atoms with Crippen molar-refractivity contribution < 1.29 is 27.3 Å². The predicted octanol–water partition coefficient (Wildman–Crippen LogP) is 4.78. The van der Waals surface area contributed by atoms with E-state index in [4.69, 9.17) is 4.52 Å². The van der Waals surface area contributed by atoms with Crippen LogP contribution in [0.15, 0.2) is 47.1 Å². The first-order valence-electron chi connectivity index (χ1n) is 13.7. The highest BCUT2D eigenvalue weighted by Crippen LogP contribution is 2.30. The number of halogens is 3. The van der Waals surface area contributed by atoms with Crippen LogP contribution in [0.4, 0.5) is 13.2 Å². The van der Waals surface area contributed by atoms with Gasteiger partial charge in [-0.05, 0) is 38.3 Å². The molecule has 2 fully saturated rings. The predicted molar refractivity (Wildman–Crippen MR) is 140 cm³/mol. The van der Waals surface area contributed by atoms with Crippen molar-refractivity contribution in [3.8, 4) is 11.3 Å². The van der Waals surface area contributed by atoms with Gasteiger partial charge in [-0.15, -0.1) is 0 Å². The first-order chi connectivity index (χ1) is 19.3. The summed E-state index contributed by atoms with van der Waals surface area (Å²) < 4.78 is 46.8. The van der Waals surface area contributed by atoms with Gasteiger partial charge >= 0.3 is 0 Å². The van der Waals surface area contributed by atoms with E-state index in [2.05, 4.69) is 25.7 Å². The number of nitrogens with zero attached hydrogens (tertiary/aromatic N) is 3. The highest BCUT2D eigenvalue weighted by molar-refractivity contribution is 5.94. The Morgan fingerprint density at radius 2 is 1.80 bits per heavy atom. The quantitative estimate of drug-likeness (QED) is 0.435. The number of likely N-dealkylation sites (tertiary alicyclic amines) is 1. The number of pyridine rings is 1. The molecule has 3 heterocycles. The van der Waals surface area contributed by atoms with Gasteiger partial charge in [-0.1, -0.05) is 30.5 Å². The van der Waals surface area contributed by atoms with Crippen molar-refractivity contribution in [3.05, 3.63) is 71.4 Å². The SMILES string of the molecule is C[C@@H](NC(=O)[C@H]1CN(C2CCCCC2)CC[C@@H]1NC(=O)c1cc(-c2c(F)cc(F)cc2F)on1)c1ccccn1. The third-order valence-electron chi connectivity index (χ3n) is 7.87. The monoisotopic (exact) mass is 555 g/mol. The van der Waals surface area contributed by atoms with Gasteiger partial charge in [0, 0.05) is 49.6 Å². The Balaban J connectivity index is 1.32. The average Bonchev–Trinajstić information content (AvgIpc) is 3.43. The van der Waals surface area contributed by atoms with E-state index in [1.54, 1.807) is 12.3 Å². The van der Waals surface area contributed by atoms with Crippen LogP contribution in [0.3, 0.4) is 0 Å². The summed E-state index contributed by atoms with van der Waals surface area (Å²) in [6.07, 6.45) is 7.95. The largest absolute Gasteiger partial charge is 0.355 e. The molecule has 3 atom stereocenters. The molecule has 8 nitrogen and oxygen atoms in total. The van der Waals surface area contributed by atoms with E-state index in [0.29, 0.717) is 31.1 Å². The minimum absolute atomic E-state index is 0.194. The zero-order valence-corrected chi connectivity index (χ0v) is 22.2. The van der Waals surface area contributed by atoms with Gasteiger partial charge in [-0.2, -0.15) is 0 Å². The molecule has 40 heavy (non-hydrogen) atoms. The fraction of sp³-hybridized carbons (Fsp3) is 0.448. The van der Waals surface area contributed by atoms with E-state index in [1.165, 1.54) is 19.3 Å². The zero-order chi connectivity index (χ0) is 28.2. The van der Waals surface area contributed by atoms with Crippen molar-refractivity contribution in [2.75, 3.05) is 13.1 Å². The number of hydrogen-bond donors (Lipinski definition) is 2. The van der Waals surface area contributed by atoms with Crippen LogP contribution in [0.1, 0.15) is 67.7 Å². The molecule has 1 saturated carbocycles. The minimum atomic E-state index is -1.17. The maximum absolute atomic E-state index is 14.2. The van der Waals surface area contributed by atoms with Crippen LogP contribution in [0, 0.1) is 23.4 Å². The molecular weight excluding hydrogens is 523 g/mol. The Morgan fingerprint density at radius 1 is 1.05 bits per heavy atom. The Bertz CT molecular complexity index is 1320. The van der Waals surface area contributed by atoms with Crippen molar-refractivity contribution >= 4 is 11.8 Å². The molecule has 2 aliphatic rings. The molecule has 3 aromatic rings. The standard InChI is InChI=1S/C29H32F3N5O3/c1-17(23-9-5-6-11-33-23)34-28(38)20-16-37(19-7-3-2-4-8-19)12-10-24(20)35-29(39)25-15-26(40-36-25)27-21(31)13-18(30)14-22(27)32/h5-6,9,11,13-15,17,19-20,24H,2-4,7-8,10,12,16H2,1H3,(H,34,38)(H,35,39)/t17-,20+,24+/m1/s1. The number of carbonyl (C=O) groups excluding carboxylic acids is 2. The fourth-order valence-corrected chi connectivity index (χ4v) is 5.74. The number of carbonyl (C=O) groups is 2. The molecule has 1 saturated heterocycles. The van der Waals surface area contributed by atoms with Gasteiger partial charge in [0.1, 0.15) is 17.5 Å². The minimum Gasteiger partial charge on any atom is -0.355 e. The van der Waals surface area contributed by atoms with Crippen molar-refractivity contribution in [1.82, 2.24) is 25.7 Å². The lowest BCUT2D eigenvalue weighted by atomic mass is 9.86. The lowest BCUT2D eigenvalue weighted by Gasteiger charge is -2.43. The van der Waals surface area contributed by atoms with Crippen molar-refractivity contribution in [2.24, 2.45) is 5.92 Å². The van der Waals surface area contributed by atoms with E-state index in [-0.39, 0.29) is 23.4 Å². The van der Waals surface area contributed by atoms with Gasteiger partial charge in [-0.3, -0.25) is 19.5 Å². The third kappa shape index (κ3) is 6.19. The van der Waals surface area contributed by atoms with Gasteiger partial charge < -0.3 is 15.2 Å². The summed E-state index contributed by atoms with van der Waals surface area (Å²) in [6.45, 7) is 3.08. The highest BCUT2D eigenvalue weighted by Gasteiger charge is 2.38. The average molecular weight is 556 g/mol. The lowest BCUT2D eigenvalue weighted by molar-refractivity contribution is -0.128. The van der Waals surface area contributed by atoms with Gasteiger partial charge in [0.15, 0.2) is 11.5 Å². The summed E-state index contributed by atoms with van der Waals surface area (Å²) in [5, 5.41) is 9.62. The number of benzene rings is 1. The lowest BCUT2D eigenvalue weighted by Crippen LogP contribution is -2.58. The molecule has 0 radical (unpaired) electrons. The Hall–Kier alpha value is -3.73. The van der Waals surface area contributed by atoms with Crippen LogP contribution in [0.5, 0.6) is 0 Å². The first kappa shape index (κ1) is 27.8. The Labute approximate surface area is 230 Å². The summed E-state index contributed by atoms with van der Waals surface area (Å²) in [5.41, 5.74) is -0.0879. The molecule has 2 amide bonds. The van der Waals surface area contributed by atoms with Crippen LogP contribution in [0.25, 0.3) is 11.3 Å². The van der Waals surface area contributed by atoms with Gasteiger partial charge in [0.2, 0.25) is 5.91 Å². The summed E-state index contributed by atoms with van der Waals surface area (Å²) >= 11 is 0. The molecule has 1 aliphatic carbocycles. The van der Waals surface area contributed by atoms with Crippen LogP contribution >= 0.6 is 0 Å². The number of piperidine rings is 1. The van der Waals surface area contributed by atoms with Crippen molar-refractivity contribution in [1.29, 1.82) is 0 Å². The highest BCUT2D eigenvalue weighted by atomic mass is 19.1. The molecule has 0 bridgehead atoms. The second-order valence-electron chi connectivity index (χ2n) is 10.6. The molecule has 212 valence electrons. The van der Waals surface area contributed by atoms with E-state index >= 15 is 0 Å². The topological polar surface area (TPSA) is 100 Å². The Morgan fingerprint density at radius 3 is 2.50 bits per heavy atom. The van der Waals surface area contributed by atoms with Crippen LogP contribution < -0.4 is 10.6 Å². The smallest absolute Gasteiger partial charge is 0.273 e. The molecule has 11 heteroatoms. The van der Waals surface area contributed by atoms with Crippen LogP contribution in [0.2, 0.25) is 0 Å².